The van der Waals surface area contributed by atoms with E-state index in [0.717, 1.165) is 69.6 Å². The number of rotatable bonds is 22. The van der Waals surface area contributed by atoms with Crippen molar-refractivity contribution < 1.29 is 56.5 Å². The zero-order valence-electron chi connectivity index (χ0n) is 35.9. The first-order valence-corrected chi connectivity index (χ1v) is 21.7. The maximum absolute atomic E-state index is 12.7. The first-order valence-electron chi connectivity index (χ1n) is 21.7. The monoisotopic (exact) mass is 854 g/mol. The van der Waals surface area contributed by atoms with Crippen molar-refractivity contribution in [1.29, 1.82) is 0 Å². The van der Waals surface area contributed by atoms with Crippen molar-refractivity contribution in [2.75, 3.05) is 13.1 Å². The number of carbonyl (C=O) groups is 6. The maximum Gasteiger partial charge on any atom is 0.314 e. The molecule has 2 aliphatic rings. The number of esters is 4. The lowest BCUT2D eigenvalue weighted by molar-refractivity contribution is -0.146. The summed E-state index contributed by atoms with van der Waals surface area (Å²) in [6.07, 6.45) is 11.3. The number of ether oxygens (including phenoxy) is 4. The van der Waals surface area contributed by atoms with E-state index in [9.17, 15) is 38.4 Å². The zero-order valence-corrected chi connectivity index (χ0v) is 35.9. The predicted molar refractivity (Wildman–Crippen MR) is 220 cm³/mol. The zero-order chi connectivity index (χ0) is 44.3. The van der Waals surface area contributed by atoms with Crippen molar-refractivity contribution >= 4 is 35.7 Å². The third-order valence-electron chi connectivity index (χ3n) is 11.2. The minimum Gasteiger partial charge on any atom is -0.462 e. The number of hydrogen-bond acceptors (Lipinski definition) is 14. The number of carbonyl (C=O) groups excluding carboxylic acids is 6. The summed E-state index contributed by atoms with van der Waals surface area (Å²) in [4.78, 5) is 98.6. The molecule has 2 saturated carbocycles. The molecule has 2 N–H and O–H groups in total. The van der Waals surface area contributed by atoms with Crippen LogP contribution in [0.25, 0.3) is 0 Å². The van der Waals surface area contributed by atoms with E-state index in [-0.39, 0.29) is 84.6 Å². The van der Waals surface area contributed by atoms with E-state index >= 15 is 0 Å². The van der Waals surface area contributed by atoms with E-state index in [1.807, 2.05) is 27.7 Å². The van der Waals surface area contributed by atoms with Gasteiger partial charge in [-0.25, -0.2) is 0 Å². The summed E-state index contributed by atoms with van der Waals surface area (Å²) in [5.41, 5.74) is -1.12. The molecule has 4 rings (SSSR count). The molecule has 0 radical (unpaired) electrons. The van der Waals surface area contributed by atoms with Crippen LogP contribution in [0.15, 0.2) is 43.1 Å². The quantitative estimate of drug-likeness (QED) is 0.101. The van der Waals surface area contributed by atoms with E-state index < -0.39 is 34.7 Å². The highest BCUT2D eigenvalue weighted by molar-refractivity contribution is 5.78. The summed E-state index contributed by atoms with van der Waals surface area (Å²) in [5.74, 6) is -2.37. The van der Waals surface area contributed by atoms with Crippen LogP contribution in [0.2, 0.25) is 0 Å². The van der Waals surface area contributed by atoms with Crippen LogP contribution in [0, 0.1) is 35.5 Å². The van der Waals surface area contributed by atoms with Gasteiger partial charge >= 0.3 is 23.9 Å². The maximum atomic E-state index is 12.7. The smallest absolute Gasteiger partial charge is 0.314 e. The molecule has 0 saturated heterocycles. The first kappa shape index (κ1) is 48.4. The van der Waals surface area contributed by atoms with Crippen LogP contribution in [0.3, 0.4) is 0 Å². The topological polar surface area (TPSA) is 224 Å². The van der Waals surface area contributed by atoms with Crippen molar-refractivity contribution in [2.45, 2.75) is 137 Å². The first-order chi connectivity index (χ1) is 29.2. The number of unbranched alkanes of at least 4 members (excludes halogenated alkanes) is 4. The SMILES string of the molecule is CC(C)C(=O)NCC1CCC(C(=O)Oc2coc(COC(=O)CCCCCCCC(=O)OCc3cc(=O)c(OC(=O)C4CCC(CNC(=O)C(C)C)CC4)co3)cc2=O)CC1. The molecule has 0 spiro atoms. The summed E-state index contributed by atoms with van der Waals surface area (Å²) in [6, 6.07) is 2.27. The molecule has 2 aliphatic carbocycles. The third kappa shape index (κ3) is 17.0. The fourth-order valence-corrected chi connectivity index (χ4v) is 7.18. The summed E-state index contributed by atoms with van der Waals surface area (Å²) in [6.45, 7) is 8.03. The Morgan fingerprint density at radius 3 is 1.28 bits per heavy atom. The van der Waals surface area contributed by atoms with E-state index in [0.29, 0.717) is 63.5 Å². The summed E-state index contributed by atoms with van der Waals surface area (Å²) in [7, 11) is 0. The van der Waals surface area contributed by atoms with Gasteiger partial charge in [-0.3, -0.25) is 38.4 Å². The fourth-order valence-electron chi connectivity index (χ4n) is 7.18. The van der Waals surface area contributed by atoms with Gasteiger partial charge in [-0.2, -0.15) is 0 Å². The highest BCUT2D eigenvalue weighted by Crippen LogP contribution is 2.31. The molecule has 0 atom stereocenters. The standard InChI is InChI=1S/C45H62N2O14/c1-28(2)42(52)46-22-30-12-16-32(17-13-30)44(54)60-38-26-56-34(20-36(38)48)24-58-40(50)10-8-6-5-7-9-11-41(51)59-25-35-21-37(49)39(27-57-35)61-45(55)33-18-14-31(15-19-33)23-47-43(53)29(3)4/h20-21,26-33H,5-19,22-25H2,1-4H3,(H,46,52)(H,47,53). The van der Waals surface area contributed by atoms with Gasteiger partial charge in [-0.1, -0.05) is 47.0 Å². The van der Waals surface area contributed by atoms with Crippen molar-refractivity contribution in [3.8, 4) is 11.5 Å². The average Bonchev–Trinajstić information content (AvgIpc) is 3.24. The van der Waals surface area contributed by atoms with Crippen LogP contribution in [-0.2, 0) is 51.5 Å². The van der Waals surface area contributed by atoms with Gasteiger partial charge < -0.3 is 38.4 Å². The molecule has 16 heteroatoms. The Morgan fingerprint density at radius 2 is 0.934 bits per heavy atom. The molecular formula is C45H62N2O14. The van der Waals surface area contributed by atoms with Crippen molar-refractivity contribution in [2.24, 2.45) is 35.5 Å². The summed E-state index contributed by atoms with van der Waals surface area (Å²) >= 11 is 0. The van der Waals surface area contributed by atoms with Gasteiger partial charge in [0.2, 0.25) is 34.2 Å². The third-order valence-corrected chi connectivity index (χ3v) is 11.2. The van der Waals surface area contributed by atoms with Gasteiger partial charge in [0.25, 0.3) is 0 Å². The lowest BCUT2D eigenvalue weighted by atomic mass is 9.82. The molecule has 16 nitrogen and oxygen atoms in total. The molecule has 2 aromatic heterocycles. The Kier molecular flexibility index (Phi) is 19.7. The second-order valence-corrected chi connectivity index (χ2v) is 16.8. The molecule has 61 heavy (non-hydrogen) atoms. The Labute approximate surface area is 356 Å². The van der Waals surface area contributed by atoms with Gasteiger partial charge in [-0.15, -0.1) is 0 Å². The van der Waals surface area contributed by atoms with Crippen LogP contribution >= 0.6 is 0 Å². The second-order valence-electron chi connectivity index (χ2n) is 16.8. The Balaban J connectivity index is 1.01. The van der Waals surface area contributed by atoms with Gasteiger partial charge in [-0.05, 0) is 76.0 Å². The highest BCUT2D eigenvalue weighted by Gasteiger charge is 2.30. The van der Waals surface area contributed by atoms with E-state index in [1.165, 1.54) is 0 Å². The lowest BCUT2D eigenvalue weighted by Crippen LogP contribution is -2.35. The molecule has 2 fully saturated rings. The highest BCUT2D eigenvalue weighted by atomic mass is 16.6. The molecule has 2 amide bonds. The Morgan fingerprint density at radius 1 is 0.574 bits per heavy atom. The molecule has 2 aromatic rings. The fraction of sp³-hybridized carbons (Fsp3) is 0.644. The molecule has 0 aromatic carbocycles. The van der Waals surface area contributed by atoms with Crippen LogP contribution in [0.1, 0.15) is 136 Å². The molecule has 0 bridgehead atoms. The minimum atomic E-state index is -0.559. The Bertz CT molecular complexity index is 1760. The largest absolute Gasteiger partial charge is 0.462 e. The van der Waals surface area contributed by atoms with Crippen LogP contribution in [0.4, 0.5) is 0 Å². The number of amides is 2. The predicted octanol–water partition coefficient (Wildman–Crippen LogP) is 6.08. The summed E-state index contributed by atoms with van der Waals surface area (Å²) < 4.78 is 31.9. The number of hydrogen-bond donors (Lipinski definition) is 2. The van der Waals surface area contributed by atoms with Crippen molar-refractivity contribution in [3.05, 3.63) is 56.6 Å². The normalized spacial score (nSPS) is 18.9. The van der Waals surface area contributed by atoms with Crippen LogP contribution in [0.5, 0.6) is 11.5 Å². The van der Waals surface area contributed by atoms with Gasteiger partial charge in [0.15, 0.2) is 0 Å². The minimum absolute atomic E-state index is 0.00698. The van der Waals surface area contributed by atoms with Gasteiger partial charge in [0.05, 0.1) is 11.8 Å². The van der Waals surface area contributed by atoms with E-state index in [1.54, 1.807) is 0 Å². The number of nitrogens with one attached hydrogen (secondary N) is 2. The summed E-state index contributed by atoms with van der Waals surface area (Å²) in [5, 5.41) is 5.87. The molecule has 336 valence electrons. The van der Waals surface area contributed by atoms with Gasteiger partial charge in [0.1, 0.15) is 37.3 Å². The van der Waals surface area contributed by atoms with Crippen molar-refractivity contribution in [3.63, 3.8) is 0 Å². The average molecular weight is 855 g/mol. The molecule has 0 unspecified atom stereocenters. The molecule has 0 aliphatic heterocycles. The van der Waals surface area contributed by atoms with Crippen molar-refractivity contribution in [1.82, 2.24) is 10.6 Å². The van der Waals surface area contributed by atoms with Gasteiger partial charge in [0, 0.05) is 49.9 Å². The lowest BCUT2D eigenvalue weighted by Gasteiger charge is -2.27. The molecule has 2 heterocycles. The van der Waals surface area contributed by atoms with E-state index in [4.69, 9.17) is 27.8 Å². The second kappa shape index (κ2) is 24.8. The van der Waals surface area contributed by atoms with Crippen LogP contribution < -0.4 is 31.0 Å². The molecular weight excluding hydrogens is 792 g/mol. The van der Waals surface area contributed by atoms with Crippen LogP contribution in [-0.4, -0.2) is 48.8 Å². The Hall–Kier alpha value is -5.28. The van der Waals surface area contributed by atoms with E-state index in [2.05, 4.69) is 10.6 Å².